The maximum absolute atomic E-state index is 6.19. The van der Waals surface area contributed by atoms with Crippen LogP contribution in [0.15, 0.2) is 164 Å². The standard InChI is InChI=1S/C45H34OPSi/c1-46-40-28-27-33-15-7-10-20-39(33)45(40)48(36-16-3-2-4-17-36)42-22-12-11-21-41(42)47-29-34-25-23-31-13-5-8-18-37(31)43(34)44-35(30-47)26-24-32-14-6-9-19-38(32)44/h2-28H,29-30H2,1H3. The number of methoxy groups -OCH3 is 1. The minimum atomic E-state index is -1.46. The van der Waals surface area contributed by atoms with Gasteiger partial charge in [0.1, 0.15) is 5.75 Å². The Kier molecular flexibility index (Phi) is 7.42. The van der Waals surface area contributed by atoms with E-state index in [0.717, 1.165) is 18.1 Å². The maximum Gasteiger partial charge on any atom is 0.161 e. The Bertz CT molecular complexity index is 2380. The van der Waals surface area contributed by atoms with Crippen LogP contribution in [0.25, 0.3) is 43.4 Å². The molecular weight excluding hydrogens is 616 g/mol. The lowest BCUT2D eigenvalue weighted by Crippen LogP contribution is -2.56. The van der Waals surface area contributed by atoms with E-state index >= 15 is 0 Å². The maximum atomic E-state index is 6.19. The third-order valence-corrected chi connectivity index (χ3v) is 15.6. The van der Waals surface area contributed by atoms with Gasteiger partial charge in [-0.05, 0) is 88.6 Å². The first-order valence-corrected chi connectivity index (χ1v) is 19.8. The Balaban J connectivity index is 1.30. The van der Waals surface area contributed by atoms with Gasteiger partial charge in [-0.25, -0.2) is 0 Å². The van der Waals surface area contributed by atoms with Crippen LogP contribution < -0.4 is 25.6 Å². The third kappa shape index (κ3) is 4.87. The zero-order valence-corrected chi connectivity index (χ0v) is 28.8. The molecule has 8 aromatic carbocycles. The molecule has 1 radical (unpaired) electrons. The first-order valence-electron chi connectivity index (χ1n) is 16.6. The van der Waals surface area contributed by atoms with E-state index in [2.05, 4.69) is 164 Å². The third-order valence-electron chi connectivity index (χ3n) is 9.94. The minimum absolute atomic E-state index is 0.584. The van der Waals surface area contributed by atoms with E-state index in [1.807, 2.05) is 7.11 Å². The average molecular weight is 650 g/mol. The normalized spacial score (nSPS) is 13.0. The van der Waals surface area contributed by atoms with Crippen LogP contribution in [0.4, 0.5) is 0 Å². The van der Waals surface area contributed by atoms with Crippen molar-refractivity contribution in [2.75, 3.05) is 7.11 Å². The van der Waals surface area contributed by atoms with Gasteiger partial charge in [0.2, 0.25) is 0 Å². The summed E-state index contributed by atoms with van der Waals surface area (Å²) in [7, 11) is -0.227. The van der Waals surface area contributed by atoms with Gasteiger partial charge in [0.25, 0.3) is 0 Å². The van der Waals surface area contributed by atoms with E-state index in [-0.39, 0.29) is 0 Å². The Morgan fingerprint density at radius 2 is 0.979 bits per heavy atom. The Labute approximate surface area is 284 Å². The molecule has 0 saturated heterocycles. The van der Waals surface area contributed by atoms with Gasteiger partial charge >= 0.3 is 0 Å². The molecule has 0 saturated carbocycles. The molecule has 0 N–H and O–H groups in total. The molecule has 9 rings (SSSR count). The fraction of sp³-hybridized carbons (Fsp3) is 0.0667. The summed E-state index contributed by atoms with van der Waals surface area (Å²) < 4.78 is 6.19. The largest absolute Gasteiger partial charge is 0.497 e. The lowest BCUT2D eigenvalue weighted by molar-refractivity contribution is 0.418. The number of benzene rings is 8. The van der Waals surface area contributed by atoms with Crippen molar-refractivity contribution >= 4 is 69.9 Å². The average Bonchev–Trinajstić information content (AvgIpc) is 3.33. The summed E-state index contributed by atoms with van der Waals surface area (Å²) in [5.41, 5.74) is 5.76. The lowest BCUT2D eigenvalue weighted by Gasteiger charge is -2.27. The van der Waals surface area contributed by atoms with Gasteiger partial charge in [-0.15, -0.1) is 0 Å². The first kappa shape index (κ1) is 29.2. The van der Waals surface area contributed by atoms with Crippen LogP contribution >= 0.6 is 7.92 Å². The van der Waals surface area contributed by atoms with Gasteiger partial charge in [0, 0.05) is 0 Å². The van der Waals surface area contributed by atoms with Crippen LogP contribution in [0.1, 0.15) is 11.1 Å². The van der Waals surface area contributed by atoms with Gasteiger partial charge < -0.3 is 4.74 Å². The second-order valence-electron chi connectivity index (χ2n) is 12.6. The fourth-order valence-electron chi connectivity index (χ4n) is 7.80. The molecule has 1 nitrogen and oxygen atoms in total. The lowest BCUT2D eigenvalue weighted by atomic mass is 9.88. The van der Waals surface area contributed by atoms with Crippen LogP contribution in [0.5, 0.6) is 5.75 Å². The molecule has 1 aliphatic heterocycles. The SMILES string of the molecule is COc1ccc2ccccc2c1[Si](c1ccccc1)c1ccccc1P1Cc2ccc3ccccc3c2-c2c(ccc3ccccc23)C1. The second-order valence-corrected chi connectivity index (χ2v) is 17.2. The number of rotatable bonds is 5. The highest BCUT2D eigenvalue weighted by molar-refractivity contribution is 7.65. The zero-order valence-electron chi connectivity index (χ0n) is 26.9. The van der Waals surface area contributed by atoms with Gasteiger partial charge in [-0.1, -0.05) is 171 Å². The molecule has 0 aliphatic carbocycles. The predicted octanol–water partition coefficient (Wildman–Crippen LogP) is 9.16. The quantitative estimate of drug-likeness (QED) is 0.103. The van der Waals surface area contributed by atoms with E-state index in [0.29, 0.717) is 0 Å². The first-order chi connectivity index (χ1) is 23.8. The molecule has 1 aliphatic rings. The van der Waals surface area contributed by atoms with Crippen molar-refractivity contribution in [2.24, 2.45) is 0 Å². The van der Waals surface area contributed by atoms with Crippen LogP contribution in [-0.4, -0.2) is 15.9 Å². The molecule has 8 aromatic rings. The molecule has 1 heterocycles. The van der Waals surface area contributed by atoms with Crippen molar-refractivity contribution < 1.29 is 4.74 Å². The van der Waals surface area contributed by atoms with Gasteiger partial charge in [-0.2, -0.15) is 0 Å². The summed E-state index contributed by atoms with van der Waals surface area (Å²) in [6, 6.07) is 61.1. The van der Waals surface area contributed by atoms with Crippen LogP contribution in [0.2, 0.25) is 0 Å². The summed E-state index contributed by atoms with van der Waals surface area (Å²) in [6.45, 7) is 0. The molecule has 0 aromatic heterocycles. The molecule has 0 unspecified atom stereocenters. The van der Waals surface area contributed by atoms with Crippen molar-refractivity contribution in [1.82, 2.24) is 0 Å². The highest BCUT2D eigenvalue weighted by Gasteiger charge is 2.32. The van der Waals surface area contributed by atoms with E-state index in [4.69, 9.17) is 4.74 Å². The van der Waals surface area contributed by atoms with Crippen molar-refractivity contribution in [3.05, 3.63) is 175 Å². The predicted molar refractivity (Wildman–Crippen MR) is 209 cm³/mol. The summed E-state index contributed by atoms with van der Waals surface area (Å²) in [5, 5.41) is 13.6. The van der Waals surface area contributed by atoms with Crippen molar-refractivity contribution in [2.45, 2.75) is 12.3 Å². The topological polar surface area (TPSA) is 9.23 Å². The fourth-order valence-corrected chi connectivity index (χ4v) is 14.1. The summed E-state index contributed by atoms with van der Waals surface area (Å²) in [4.78, 5) is 0. The van der Waals surface area contributed by atoms with E-state index < -0.39 is 16.7 Å². The van der Waals surface area contributed by atoms with Crippen molar-refractivity contribution in [3.63, 3.8) is 0 Å². The molecule has 0 bridgehead atoms. The summed E-state index contributed by atoms with van der Waals surface area (Å²) in [6.07, 6.45) is 2.10. The minimum Gasteiger partial charge on any atom is -0.497 e. The van der Waals surface area contributed by atoms with Crippen LogP contribution in [0, 0.1) is 0 Å². The van der Waals surface area contributed by atoms with E-state index in [1.165, 1.54) is 75.4 Å². The van der Waals surface area contributed by atoms with E-state index in [9.17, 15) is 0 Å². The molecule has 229 valence electrons. The second kappa shape index (κ2) is 12.2. The van der Waals surface area contributed by atoms with Crippen LogP contribution in [0.3, 0.4) is 0 Å². The van der Waals surface area contributed by atoms with Gasteiger partial charge in [-0.3, -0.25) is 0 Å². The molecule has 0 amide bonds. The molecule has 3 heteroatoms. The molecule has 0 atom stereocenters. The zero-order chi connectivity index (χ0) is 32.0. The smallest absolute Gasteiger partial charge is 0.161 e. The number of hydrogen-bond acceptors (Lipinski definition) is 1. The number of hydrogen-bond donors (Lipinski definition) is 0. The molecule has 0 fully saturated rings. The summed E-state index contributed by atoms with van der Waals surface area (Å²) >= 11 is 0. The Hall–Kier alpha value is -5.01. The van der Waals surface area contributed by atoms with Gasteiger partial charge in [0.05, 0.1) is 7.11 Å². The number of fused-ring (bicyclic) bond motifs is 8. The highest BCUT2D eigenvalue weighted by Crippen LogP contribution is 2.52. The monoisotopic (exact) mass is 649 g/mol. The highest BCUT2D eigenvalue weighted by atomic mass is 31.1. The van der Waals surface area contributed by atoms with Crippen LogP contribution in [-0.2, 0) is 12.3 Å². The molecule has 48 heavy (non-hydrogen) atoms. The Morgan fingerprint density at radius 3 is 1.60 bits per heavy atom. The summed E-state index contributed by atoms with van der Waals surface area (Å²) in [5.74, 6) is 0.975. The van der Waals surface area contributed by atoms with Crippen molar-refractivity contribution in [3.8, 4) is 16.9 Å². The van der Waals surface area contributed by atoms with Gasteiger partial charge in [0.15, 0.2) is 8.80 Å². The van der Waals surface area contributed by atoms with Crippen molar-refractivity contribution in [1.29, 1.82) is 0 Å². The molecule has 0 spiro atoms. The van der Waals surface area contributed by atoms with E-state index in [1.54, 1.807) is 0 Å². The molecular formula is C45H34OPSi. The number of ether oxygens (including phenoxy) is 1. The Morgan fingerprint density at radius 1 is 0.479 bits per heavy atom.